The maximum absolute atomic E-state index is 10.4. The Balaban J connectivity index is 2.09. The van der Waals surface area contributed by atoms with Crippen molar-refractivity contribution in [3.63, 3.8) is 0 Å². The Morgan fingerprint density at radius 2 is 1.95 bits per heavy atom. The summed E-state index contributed by atoms with van der Waals surface area (Å²) in [5, 5.41) is 14.9. The van der Waals surface area contributed by atoms with Crippen molar-refractivity contribution in [1.82, 2.24) is 9.78 Å². The number of aromatic nitrogens is 2. The first kappa shape index (κ1) is 16.2. The molecule has 1 aromatic carbocycles. The first-order valence-electron chi connectivity index (χ1n) is 7.36. The van der Waals surface area contributed by atoms with E-state index < -0.39 is 6.10 Å². The zero-order chi connectivity index (χ0) is 15.6. The highest BCUT2D eigenvalue weighted by atomic mass is 79.9. The third kappa shape index (κ3) is 3.74. The van der Waals surface area contributed by atoms with E-state index in [4.69, 9.17) is 0 Å². The highest BCUT2D eigenvalue weighted by Crippen LogP contribution is 2.23. The summed E-state index contributed by atoms with van der Waals surface area (Å²) in [6.45, 7) is 6.30. The zero-order valence-electron chi connectivity index (χ0n) is 13.2. The Labute approximate surface area is 135 Å². The van der Waals surface area contributed by atoms with Gasteiger partial charge in [-0.05, 0) is 59.3 Å². The van der Waals surface area contributed by atoms with Crippen molar-refractivity contribution in [1.29, 1.82) is 0 Å². The van der Waals surface area contributed by atoms with Crippen LogP contribution in [0.3, 0.4) is 0 Å². The predicted octanol–water partition coefficient (Wildman–Crippen LogP) is 3.51. The second-order valence-corrected chi connectivity index (χ2v) is 6.46. The third-order valence-electron chi connectivity index (χ3n) is 3.97. The fraction of sp³-hybridized carbons (Fsp3) is 0.471. The lowest BCUT2D eigenvalue weighted by molar-refractivity contribution is 0.172. The molecule has 1 heterocycles. The van der Waals surface area contributed by atoms with Gasteiger partial charge in [-0.25, -0.2) is 0 Å². The zero-order valence-corrected chi connectivity index (χ0v) is 14.7. The van der Waals surface area contributed by atoms with Crippen molar-refractivity contribution in [2.24, 2.45) is 7.05 Å². The van der Waals surface area contributed by atoms with E-state index in [0.717, 1.165) is 22.3 Å². The van der Waals surface area contributed by atoms with Gasteiger partial charge in [-0.3, -0.25) is 4.68 Å². The molecule has 1 unspecified atom stereocenters. The first-order chi connectivity index (χ1) is 9.92. The summed E-state index contributed by atoms with van der Waals surface area (Å²) in [6, 6.07) is 6.38. The molecule has 21 heavy (non-hydrogen) atoms. The number of benzene rings is 1. The van der Waals surface area contributed by atoms with Gasteiger partial charge in [0.05, 0.1) is 22.0 Å². The lowest BCUT2D eigenvalue weighted by Gasteiger charge is -2.12. The minimum Gasteiger partial charge on any atom is -0.392 e. The number of rotatable bonds is 5. The summed E-state index contributed by atoms with van der Waals surface area (Å²) < 4.78 is 2.90. The van der Waals surface area contributed by atoms with E-state index in [0.29, 0.717) is 12.8 Å². The molecule has 0 fully saturated rings. The normalized spacial score (nSPS) is 12.7. The van der Waals surface area contributed by atoms with Gasteiger partial charge >= 0.3 is 0 Å². The topological polar surface area (TPSA) is 38.0 Å². The number of halogens is 1. The molecule has 2 aromatic rings. The van der Waals surface area contributed by atoms with Crippen LogP contribution in [0.5, 0.6) is 0 Å². The molecule has 2 rings (SSSR count). The van der Waals surface area contributed by atoms with Gasteiger partial charge in [0, 0.05) is 13.5 Å². The average Bonchev–Trinajstić information content (AvgIpc) is 2.70. The van der Waals surface area contributed by atoms with Gasteiger partial charge in [0.1, 0.15) is 0 Å². The van der Waals surface area contributed by atoms with Gasteiger partial charge in [0.15, 0.2) is 0 Å². The molecule has 0 saturated carbocycles. The van der Waals surface area contributed by atoms with E-state index in [-0.39, 0.29) is 0 Å². The van der Waals surface area contributed by atoms with E-state index >= 15 is 0 Å². The van der Waals surface area contributed by atoms with Crippen molar-refractivity contribution < 1.29 is 5.11 Å². The van der Waals surface area contributed by atoms with E-state index in [1.165, 1.54) is 16.7 Å². The standard InChI is InChI=1S/C17H23BrN2O/c1-5-15-17(18)16(20(4)19-15)10-14(21)9-13-7-6-11(2)12(3)8-13/h6-8,14,21H,5,9-10H2,1-4H3. The largest absolute Gasteiger partial charge is 0.392 e. The van der Waals surface area contributed by atoms with Crippen molar-refractivity contribution in [2.45, 2.75) is 46.1 Å². The number of aliphatic hydroxyl groups is 1. The molecular weight excluding hydrogens is 328 g/mol. The Kier molecular flexibility index (Phi) is 5.22. The smallest absolute Gasteiger partial charge is 0.0766 e. The Hall–Kier alpha value is -1.13. The molecule has 0 radical (unpaired) electrons. The van der Waals surface area contributed by atoms with Crippen molar-refractivity contribution in [3.05, 3.63) is 50.8 Å². The van der Waals surface area contributed by atoms with Crippen molar-refractivity contribution in [3.8, 4) is 0 Å². The van der Waals surface area contributed by atoms with Crippen molar-refractivity contribution >= 4 is 15.9 Å². The molecule has 3 nitrogen and oxygen atoms in total. The summed E-state index contributed by atoms with van der Waals surface area (Å²) in [5.41, 5.74) is 5.85. The number of aliphatic hydroxyl groups excluding tert-OH is 1. The molecule has 0 aliphatic heterocycles. The minimum absolute atomic E-state index is 0.400. The Morgan fingerprint density at radius 1 is 1.24 bits per heavy atom. The summed E-state index contributed by atoms with van der Waals surface area (Å²) in [5.74, 6) is 0. The second kappa shape index (κ2) is 6.75. The molecule has 0 spiro atoms. The predicted molar refractivity (Wildman–Crippen MR) is 89.6 cm³/mol. The highest BCUT2D eigenvalue weighted by molar-refractivity contribution is 9.10. The van der Waals surface area contributed by atoms with Crippen LogP contribution >= 0.6 is 15.9 Å². The number of nitrogens with zero attached hydrogens (tertiary/aromatic N) is 2. The fourth-order valence-electron chi connectivity index (χ4n) is 2.54. The summed E-state index contributed by atoms with van der Waals surface area (Å²) >= 11 is 3.60. The molecule has 4 heteroatoms. The lowest BCUT2D eigenvalue weighted by Crippen LogP contribution is -2.16. The van der Waals surface area contributed by atoms with Crippen LogP contribution in [0.25, 0.3) is 0 Å². The molecule has 1 N–H and O–H groups in total. The second-order valence-electron chi connectivity index (χ2n) is 5.67. The number of hydrogen-bond acceptors (Lipinski definition) is 2. The van der Waals surface area contributed by atoms with Crippen LogP contribution in [0.4, 0.5) is 0 Å². The van der Waals surface area contributed by atoms with E-state index in [1.54, 1.807) is 0 Å². The van der Waals surface area contributed by atoms with Crippen LogP contribution < -0.4 is 0 Å². The highest BCUT2D eigenvalue weighted by Gasteiger charge is 2.16. The summed E-state index contributed by atoms with van der Waals surface area (Å²) in [6.07, 6.45) is 1.77. The summed E-state index contributed by atoms with van der Waals surface area (Å²) in [4.78, 5) is 0. The fourth-order valence-corrected chi connectivity index (χ4v) is 3.32. The maximum Gasteiger partial charge on any atom is 0.0766 e. The molecule has 1 atom stereocenters. The summed E-state index contributed by atoms with van der Waals surface area (Å²) in [7, 11) is 1.93. The molecule has 0 aliphatic rings. The van der Waals surface area contributed by atoms with Crippen LogP contribution in [0, 0.1) is 13.8 Å². The van der Waals surface area contributed by atoms with Gasteiger partial charge in [-0.15, -0.1) is 0 Å². The Bertz CT molecular complexity index is 634. The molecule has 0 saturated heterocycles. The van der Waals surface area contributed by atoms with Crippen LogP contribution in [-0.4, -0.2) is 21.0 Å². The average molecular weight is 351 g/mol. The molecule has 114 valence electrons. The van der Waals surface area contributed by atoms with Gasteiger partial charge in [0.25, 0.3) is 0 Å². The number of aryl methyl sites for hydroxylation is 4. The van der Waals surface area contributed by atoms with Crippen LogP contribution in [0.15, 0.2) is 22.7 Å². The van der Waals surface area contributed by atoms with E-state index in [2.05, 4.69) is 60.0 Å². The van der Waals surface area contributed by atoms with Crippen LogP contribution in [0.1, 0.15) is 35.0 Å². The van der Waals surface area contributed by atoms with Crippen LogP contribution in [0.2, 0.25) is 0 Å². The van der Waals surface area contributed by atoms with Crippen LogP contribution in [-0.2, 0) is 26.3 Å². The molecule has 0 aliphatic carbocycles. The van der Waals surface area contributed by atoms with E-state index in [9.17, 15) is 5.11 Å². The van der Waals surface area contributed by atoms with E-state index in [1.807, 2.05) is 11.7 Å². The quantitative estimate of drug-likeness (QED) is 0.895. The van der Waals surface area contributed by atoms with Gasteiger partial charge in [-0.1, -0.05) is 25.1 Å². The third-order valence-corrected chi connectivity index (χ3v) is 4.89. The van der Waals surface area contributed by atoms with Gasteiger partial charge < -0.3 is 5.11 Å². The molecular formula is C17H23BrN2O. The number of hydrogen-bond donors (Lipinski definition) is 1. The minimum atomic E-state index is -0.400. The van der Waals surface area contributed by atoms with Gasteiger partial charge in [0.2, 0.25) is 0 Å². The maximum atomic E-state index is 10.4. The first-order valence-corrected chi connectivity index (χ1v) is 8.16. The lowest BCUT2D eigenvalue weighted by atomic mass is 10.00. The SMILES string of the molecule is CCc1nn(C)c(CC(O)Cc2ccc(C)c(C)c2)c1Br. The van der Waals surface area contributed by atoms with Crippen molar-refractivity contribution in [2.75, 3.05) is 0 Å². The molecule has 0 bridgehead atoms. The molecule has 0 amide bonds. The Morgan fingerprint density at radius 3 is 2.52 bits per heavy atom. The monoisotopic (exact) mass is 350 g/mol. The molecule has 1 aromatic heterocycles. The van der Waals surface area contributed by atoms with Gasteiger partial charge in [-0.2, -0.15) is 5.10 Å².